The number of phenolic OH excluding ortho intramolecular Hbond substituents is 1. The highest BCUT2D eigenvalue weighted by molar-refractivity contribution is 5.89. The van der Waals surface area contributed by atoms with Crippen molar-refractivity contribution in [3.05, 3.63) is 82.9 Å². The first kappa shape index (κ1) is 23.3. The van der Waals surface area contributed by atoms with Crippen LogP contribution in [0.4, 0.5) is 4.39 Å². The number of phenols is 1. The summed E-state index contributed by atoms with van der Waals surface area (Å²) in [6.45, 7) is 2.38. The SMILES string of the molecule is COc1cc(/C=C2\c3ccc(F)cc3C(CC(=O)NCc3ccccn3)[C@@H]2C)cc(OC)c1O. The van der Waals surface area contributed by atoms with E-state index >= 15 is 0 Å². The fourth-order valence-electron chi connectivity index (χ4n) is 4.47. The Kier molecular flexibility index (Phi) is 6.82. The molecule has 1 aliphatic carbocycles. The number of hydrogen-bond acceptors (Lipinski definition) is 5. The summed E-state index contributed by atoms with van der Waals surface area (Å²) in [7, 11) is 2.95. The number of fused-ring (bicyclic) bond motifs is 1. The quantitative estimate of drug-likeness (QED) is 0.521. The van der Waals surface area contributed by atoms with E-state index in [4.69, 9.17) is 9.47 Å². The maximum atomic E-state index is 14.2. The van der Waals surface area contributed by atoms with Crippen molar-refractivity contribution in [3.63, 3.8) is 0 Å². The molecule has 7 heteroatoms. The van der Waals surface area contributed by atoms with Gasteiger partial charge in [-0.1, -0.05) is 25.1 Å². The molecule has 1 aromatic heterocycles. The summed E-state index contributed by atoms with van der Waals surface area (Å²) in [6.07, 6.45) is 3.88. The zero-order valence-corrected chi connectivity index (χ0v) is 19.3. The Morgan fingerprint density at radius 3 is 2.53 bits per heavy atom. The summed E-state index contributed by atoms with van der Waals surface area (Å²) < 4.78 is 24.7. The highest BCUT2D eigenvalue weighted by Crippen LogP contribution is 2.49. The Balaban J connectivity index is 1.63. The average molecular weight is 463 g/mol. The standard InChI is InChI=1S/C27H27FN2O4/c1-16-21(10-17-11-24(33-2)27(32)25(12-17)34-3)20-8-7-18(28)13-23(20)22(16)14-26(31)30-15-19-6-4-5-9-29-19/h4-13,16,22,32H,14-15H2,1-3H3,(H,30,31)/b21-10-/t16-,22?/m1/s1. The Labute approximate surface area is 198 Å². The van der Waals surface area contributed by atoms with E-state index in [-0.39, 0.29) is 35.7 Å². The van der Waals surface area contributed by atoms with Gasteiger partial charge in [0, 0.05) is 12.6 Å². The number of ether oxygens (including phenoxy) is 2. The maximum Gasteiger partial charge on any atom is 0.220 e. The van der Waals surface area contributed by atoms with E-state index in [9.17, 15) is 14.3 Å². The molecule has 0 bridgehead atoms. The molecule has 1 heterocycles. The minimum atomic E-state index is -0.334. The van der Waals surface area contributed by atoms with Crippen LogP contribution in [0.1, 0.15) is 41.6 Å². The molecule has 3 aromatic rings. The van der Waals surface area contributed by atoms with Gasteiger partial charge in [0.25, 0.3) is 0 Å². The van der Waals surface area contributed by atoms with E-state index in [1.807, 2.05) is 31.2 Å². The number of carbonyl (C=O) groups excluding carboxylic acids is 1. The summed E-state index contributed by atoms with van der Waals surface area (Å²) >= 11 is 0. The number of allylic oxidation sites excluding steroid dienone is 1. The number of methoxy groups -OCH3 is 2. The van der Waals surface area contributed by atoms with Crippen molar-refractivity contribution in [1.82, 2.24) is 10.3 Å². The van der Waals surface area contributed by atoms with Gasteiger partial charge in [0.05, 0.1) is 26.5 Å². The molecule has 1 amide bonds. The molecule has 0 saturated heterocycles. The van der Waals surface area contributed by atoms with E-state index < -0.39 is 0 Å². The summed E-state index contributed by atoms with van der Waals surface area (Å²) in [4.78, 5) is 17.0. The molecule has 6 nitrogen and oxygen atoms in total. The van der Waals surface area contributed by atoms with Gasteiger partial charge in [-0.05, 0) is 70.5 Å². The van der Waals surface area contributed by atoms with Gasteiger partial charge < -0.3 is 19.9 Å². The lowest BCUT2D eigenvalue weighted by molar-refractivity contribution is -0.121. The summed E-state index contributed by atoms with van der Waals surface area (Å²) in [5.41, 5.74) is 4.24. The van der Waals surface area contributed by atoms with Gasteiger partial charge in [-0.25, -0.2) is 4.39 Å². The third-order valence-electron chi connectivity index (χ3n) is 6.24. The normalized spacial score (nSPS) is 17.9. The number of aromatic hydroxyl groups is 1. The van der Waals surface area contributed by atoms with Gasteiger partial charge in [-0.3, -0.25) is 9.78 Å². The van der Waals surface area contributed by atoms with Gasteiger partial charge in [-0.15, -0.1) is 0 Å². The Hall–Kier alpha value is -3.87. The van der Waals surface area contributed by atoms with Gasteiger partial charge >= 0.3 is 0 Å². The van der Waals surface area contributed by atoms with E-state index in [1.165, 1.54) is 26.4 Å². The van der Waals surface area contributed by atoms with Crippen LogP contribution in [0, 0.1) is 11.7 Å². The van der Waals surface area contributed by atoms with Crippen LogP contribution in [-0.2, 0) is 11.3 Å². The van der Waals surface area contributed by atoms with Gasteiger partial charge in [0.15, 0.2) is 11.5 Å². The van der Waals surface area contributed by atoms with Crippen molar-refractivity contribution in [2.24, 2.45) is 5.92 Å². The van der Waals surface area contributed by atoms with Crippen LogP contribution < -0.4 is 14.8 Å². The van der Waals surface area contributed by atoms with Crippen LogP contribution >= 0.6 is 0 Å². The van der Waals surface area contributed by atoms with Gasteiger partial charge in [-0.2, -0.15) is 0 Å². The maximum absolute atomic E-state index is 14.2. The monoisotopic (exact) mass is 462 g/mol. The second kappa shape index (κ2) is 9.95. The van der Waals surface area contributed by atoms with Crippen molar-refractivity contribution < 1.29 is 23.8 Å². The molecule has 0 spiro atoms. The fraction of sp³-hybridized carbons (Fsp3) is 0.259. The van der Waals surface area contributed by atoms with Crippen molar-refractivity contribution in [2.45, 2.75) is 25.8 Å². The summed E-state index contributed by atoms with van der Waals surface area (Å²) in [5, 5.41) is 13.1. The number of amides is 1. The largest absolute Gasteiger partial charge is 0.502 e. The second-order valence-electron chi connectivity index (χ2n) is 8.30. The van der Waals surface area contributed by atoms with Crippen molar-refractivity contribution >= 4 is 17.6 Å². The van der Waals surface area contributed by atoms with Crippen LogP contribution in [0.15, 0.2) is 54.7 Å². The van der Waals surface area contributed by atoms with Crippen LogP contribution in [0.5, 0.6) is 17.2 Å². The predicted octanol–water partition coefficient (Wildman–Crippen LogP) is 4.92. The van der Waals surface area contributed by atoms with Crippen molar-refractivity contribution in [3.8, 4) is 17.2 Å². The molecule has 2 N–H and O–H groups in total. The number of aromatic nitrogens is 1. The fourth-order valence-corrected chi connectivity index (χ4v) is 4.47. The number of benzene rings is 2. The lowest BCUT2D eigenvalue weighted by atomic mass is 9.88. The molecule has 0 fully saturated rings. The minimum Gasteiger partial charge on any atom is -0.502 e. The summed E-state index contributed by atoms with van der Waals surface area (Å²) in [5.74, 6) is -0.157. The number of carbonyl (C=O) groups is 1. The highest BCUT2D eigenvalue weighted by atomic mass is 19.1. The average Bonchev–Trinajstić information content (AvgIpc) is 3.09. The number of nitrogens with one attached hydrogen (secondary N) is 1. The Morgan fingerprint density at radius 1 is 1.15 bits per heavy atom. The molecule has 1 unspecified atom stereocenters. The third-order valence-corrected chi connectivity index (χ3v) is 6.24. The van der Waals surface area contributed by atoms with Gasteiger partial charge in [0.1, 0.15) is 5.82 Å². The molecule has 0 saturated carbocycles. The predicted molar refractivity (Wildman–Crippen MR) is 128 cm³/mol. The lowest BCUT2D eigenvalue weighted by Gasteiger charge is -2.17. The van der Waals surface area contributed by atoms with Crippen LogP contribution in [0.25, 0.3) is 11.6 Å². The molecule has 176 valence electrons. The molecule has 1 aliphatic rings. The highest BCUT2D eigenvalue weighted by Gasteiger charge is 2.35. The molecule has 34 heavy (non-hydrogen) atoms. The Bertz CT molecular complexity index is 1200. The molecular weight excluding hydrogens is 435 g/mol. The van der Waals surface area contributed by atoms with E-state index in [1.54, 1.807) is 24.4 Å². The zero-order valence-electron chi connectivity index (χ0n) is 19.3. The number of halogens is 1. The summed E-state index contributed by atoms with van der Waals surface area (Å²) in [6, 6.07) is 13.7. The number of rotatable bonds is 7. The zero-order chi connectivity index (χ0) is 24.2. The lowest BCUT2D eigenvalue weighted by Crippen LogP contribution is -2.25. The van der Waals surface area contributed by atoms with E-state index in [0.717, 1.165) is 28.0 Å². The molecule has 0 aliphatic heterocycles. The molecule has 2 aromatic carbocycles. The van der Waals surface area contributed by atoms with Gasteiger partial charge in [0.2, 0.25) is 11.7 Å². The topological polar surface area (TPSA) is 80.7 Å². The van der Waals surface area contributed by atoms with Crippen LogP contribution in [0.3, 0.4) is 0 Å². The smallest absolute Gasteiger partial charge is 0.220 e. The van der Waals surface area contributed by atoms with Crippen molar-refractivity contribution in [2.75, 3.05) is 14.2 Å². The number of pyridine rings is 1. The van der Waals surface area contributed by atoms with Crippen molar-refractivity contribution in [1.29, 1.82) is 0 Å². The molecular formula is C27H27FN2O4. The third kappa shape index (κ3) is 4.73. The number of hydrogen-bond donors (Lipinski definition) is 2. The van der Waals surface area contributed by atoms with E-state index in [0.29, 0.717) is 18.0 Å². The Morgan fingerprint density at radius 2 is 1.88 bits per heavy atom. The number of nitrogens with zero attached hydrogens (tertiary/aromatic N) is 1. The first-order valence-electron chi connectivity index (χ1n) is 11.0. The molecule has 0 radical (unpaired) electrons. The van der Waals surface area contributed by atoms with Crippen LogP contribution in [0.2, 0.25) is 0 Å². The first-order valence-corrected chi connectivity index (χ1v) is 11.0. The second-order valence-corrected chi connectivity index (χ2v) is 8.30. The minimum absolute atomic E-state index is 0.0387. The first-order chi connectivity index (χ1) is 16.4. The molecule has 2 atom stereocenters. The van der Waals surface area contributed by atoms with E-state index in [2.05, 4.69) is 10.3 Å². The molecule has 4 rings (SSSR count). The van der Waals surface area contributed by atoms with Crippen LogP contribution in [-0.4, -0.2) is 30.2 Å².